The second-order valence-corrected chi connectivity index (χ2v) is 6.57. The normalized spacial score (nSPS) is 12.3. The summed E-state index contributed by atoms with van der Waals surface area (Å²) in [7, 11) is 0. The van der Waals surface area contributed by atoms with Crippen molar-refractivity contribution in [1.29, 1.82) is 0 Å². The van der Waals surface area contributed by atoms with Crippen LogP contribution in [0.3, 0.4) is 0 Å². The topological polar surface area (TPSA) is 59.4 Å². The smallest absolute Gasteiger partial charge is 0.406 e. The Balaban J connectivity index is 2.03. The quantitative estimate of drug-likeness (QED) is 0.434. The number of aryl methyl sites for hydroxylation is 1. The molecule has 1 heterocycles. The summed E-state index contributed by atoms with van der Waals surface area (Å²) in [6.07, 6.45) is -3.50. The van der Waals surface area contributed by atoms with E-state index in [4.69, 9.17) is 0 Å². The van der Waals surface area contributed by atoms with Crippen molar-refractivity contribution < 1.29 is 22.3 Å². The monoisotopic (exact) mass is 421 g/mol. The highest BCUT2D eigenvalue weighted by Crippen LogP contribution is 2.26. The van der Waals surface area contributed by atoms with Crippen LogP contribution < -0.4 is 10.3 Å². The van der Waals surface area contributed by atoms with Gasteiger partial charge in [0.15, 0.2) is 0 Å². The van der Waals surface area contributed by atoms with Crippen LogP contribution in [0.5, 0.6) is 5.75 Å². The maximum absolute atomic E-state index is 13.2. The minimum absolute atomic E-state index is 0.214. The van der Waals surface area contributed by atoms with Crippen LogP contribution in [0.15, 0.2) is 58.3 Å². The molecule has 1 N–H and O–H groups in total. The summed E-state index contributed by atoms with van der Waals surface area (Å²) in [4.78, 5) is 17.3. The van der Waals surface area contributed by atoms with Gasteiger partial charge in [0.2, 0.25) is 0 Å². The molecule has 0 aliphatic heterocycles. The second kappa shape index (κ2) is 8.56. The van der Waals surface area contributed by atoms with Crippen molar-refractivity contribution >= 4 is 11.4 Å². The third-order valence-corrected chi connectivity index (χ3v) is 4.26. The van der Waals surface area contributed by atoms with E-state index in [2.05, 4.69) is 14.8 Å². The van der Waals surface area contributed by atoms with Crippen LogP contribution in [0.25, 0.3) is 5.69 Å². The summed E-state index contributed by atoms with van der Waals surface area (Å²) >= 11 is 0. The molecule has 3 rings (SSSR count). The molecule has 0 bridgehead atoms. The van der Waals surface area contributed by atoms with Crippen molar-refractivity contribution in [2.24, 2.45) is 4.99 Å². The first-order valence-electron chi connectivity index (χ1n) is 9.19. The molecule has 0 unspecified atom stereocenters. The van der Waals surface area contributed by atoms with Crippen LogP contribution in [-0.2, 0) is 6.42 Å². The van der Waals surface area contributed by atoms with Gasteiger partial charge in [-0.3, -0.25) is 14.9 Å². The lowest BCUT2D eigenvalue weighted by Gasteiger charge is -2.09. The van der Waals surface area contributed by atoms with Gasteiger partial charge in [-0.05, 0) is 49.7 Å². The van der Waals surface area contributed by atoms with Gasteiger partial charge in [0.1, 0.15) is 11.6 Å². The number of nitrogens with zero attached hydrogens (tertiary/aromatic N) is 2. The first-order chi connectivity index (χ1) is 14.2. The average Bonchev–Trinajstić information content (AvgIpc) is 2.98. The van der Waals surface area contributed by atoms with E-state index in [1.807, 2.05) is 6.92 Å². The fourth-order valence-corrected chi connectivity index (χ4v) is 3.06. The fourth-order valence-electron chi connectivity index (χ4n) is 3.06. The summed E-state index contributed by atoms with van der Waals surface area (Å²) in [5.74, 6) is -0.825. The average molecular weight is 421 g/mol. The van der Waals surface area contributed by atoms with Crippen LogP contribution in [0.4, 0.5) is 23.2 Å². The zero-order valence-corrected chi connectivity index (χ0v) is 16.3. The lowest BCUT2D eigenvalue weighted by atomic mass is 10.1. The Morgan fingerprint density at radius 1 is 1.17 bits per heavy atom. The molecule has 0 atom stereocenters. The van der Waals surface area contributed by atoms with Crippen LogP contribution in [0.2, 0.25) is 0 Å². The maximum Gasteiger partial charge on any atom is 0.573 e. The number of ether oxygens (including phenoxy) is 1. The predicted octanol–water partition coefficient (Wildman–Crippen LogP) is 5.30. The van der Waals surface area contributed by atoms with Gasteiger partial charge in [0.05, 0.1) is 22.6 Å². The molecule has 2 aromatic carbocycles. The Labute approximate surface area is 169 Å². The molecule has 0 saturated carbocycles. The van der Waals surface area contributed by atoms with Gasteiger partial charge in [-0.2, -0.15) is 0 Å². The summed E-state index contributed by atoms with van der Waals surface area (Å²) in [6, 6.07) is 10.6. The molecule has 0 radical (unpaired) electrons. The van der Waals surface area contributed by atoms with Crippen LogP contribution in [0.1, 0.15) is 31.5 Å². The number of H-pyrrole nitrogens is 1. The molecule has 0 amide bonds. The molecule has 0 saturated heterocycles. The van der Waals surface area contributed by atoms with E-state index in [1.165, 1.54) is 47.1 Å². The summed E-state index contributed by atoms with van der Waals surface area (Å²) in [5.41, 5.74) is 1.59. The van der Waals surface area contributed by atoms with Gasteiger partial charge in [-0.15, -0.1) is 13.2 Å². The van der Waals surface area contributed by atoms with Crippen LogP contribution in [-0.4, -0.2) is 21.9 Å². The lowest BCUT2D eigenvalue weighted by molar-refractivity contribution is -0.274. The van der Waals surface area contributed by atoms with E-state index in [1.54, 1.807) is 6.92 Å². The number of hydrogen-bond acceptors (Lipinski definition) is 3. The minimum Gasteiger partial charge on any atom is -0.406 e. The van der Waals surface area contributed by atoms with Gasteiger partial charge >= 0.3 is 6.36 Å². The number of alkyl halides is 3. The number of nitrogens with one attached hydrogen (secondary N) is 1. The minimum atomic E-state index is -4.81. The summed E-state index contributed by atoms with van der Waals surface area (Å²) in [5, 5.41) is 3.02. The number of rotatable bonds is 6. The lowest BCUT2D eigenvalue weighted by Crippen LogP contribution is -2.19. The Morgan fingerprint density at radius 3 is 2.50 bits per heavy atom. The van der Waals surface area contributed by atoms with Crippen molar-refractivity contribution in [1.82, 2.24) is 9.78 Å². The number of benzene rings is 2. The third kappa shape index (κ3) is 4.97. The largest absolute Gasteiger partial charge is 0.573 e. The standard InChI is InChI=1S/C21H19F4N3O2/c1-3-5-18-19(20(29)28(27-18)16-10-8-14(22)9-11-16)13(2)26-15-6-4-7-17(12-15)30-21(23,24)25/h4,6-12,27H,3,5H2,1-2H3. The van der Waals surface area contributed by atoms with Crippen molar-refractivity contribution in [3.63, 3.8) is 0 Å². The van der Waals surface area contributed by atoms with Gasteiger partial charge in [0.25, 0.3) is 5.56 Å². The van der Waals surface area contributed by atoms with Crippen molar-refractivity contribution in [2.75, 3.05) is 0 Å². The molecule has 1 aromatic heterocycles. The molecule has 3 aromatic rings. The zero-order chi connectivity index (χ0) is 21.9. The molecule has 0 spiro atoms. The van der Waals surface area contributed by atoms with Crippen LogP contribution >= 0.6 is 0 Å². The molecule has 9 heteroatoms. The first kappa shape index (κ1) is 21.4. The highest BCUT2D eigenvalue weighted by molar-refractivity contribution is 6.01. The van der Waals surface area contributed by atoms with E-state index in [9.17, 15) is 22.4 Å². The molecule has 5 nitrogen and oxygen atoms in total. The Bertz CT molecular complexity index is 1110. The Hall–Kier alpha value is -3.36. The fraction of sp³-hybridized carbons (Fsp3) is 0.238. The van der Waals surface area contributed by atoms with E-state index < -0.39 is 17.9 Å². The van der Waals surface area contributed by atoms with Crippen molar-refractivity contribution in [3.8, 4) is 11.4 Å². The van der Waals surface area contributed by atoms with Gasteiger partial charge in [-0.1, -0.05) is 19.4 Å². The SMILES string of the molecule is CCCc1[nH]n(-c2ccc(F)cc2)c(=O)c1C(C)=Nc1cccc(OC(F)(F)F)c1. The summed E-state index contributed by atoms with van der Waals surface area (Å²) in [6.45, 7) is 3.55. The number of aromatic nitrogens is 2. The molecule has 0 aliphatic rings. The predicted molar refractivity (Wildman–Crippen MR) is 105 cm³/mol. The number of hydrogen-bond donors (Lipinski definition) is 1. The maximum atomic E-state index is 13.2. The highest BCUT2D eigenvalue weighted by atomic mass is 19.4. The molecule has 158 valence electrons. The van der Waals surface area contributed by atoms with E-state index in [0.29, 0.717) is 29.1 Å². The molecule has 0 aliphatic carbocycles. The van der Waals surface area contributed by atoms with E-state index in [-0.39, 0.29) is 11.2 Å². The van der Waals surface area contributed by atoms with Crippen molar-refractivity contribution in [2.45, 2.75) is 33.1 Å². The number of aromatic amines is 1. The third-order valence-electron chi connectivity index (χ3n) is 4.26. The number of aliphatic imine (C=N–C) groups is 1. The molecule has 0 fully saturated rings. The first-order valence-corrected chi connectivity index (χ1v) is 9.19. The van der Waals surface area contributed by atoms with Gasteiger partial charge in [0, 0.05) is 11.8 Å². The van der Waals surface area contributed by atoms with Crippen LogP contribution in [0, 0.1) is 5.82 Å². The molecule has 30 heavy (non-hydrogen) atoms. The Morgan fingerprint density at radius 2 is 1.87 bits per heavy atom. The molecular formula is C21H19F4N3O2. The molecular weight excluding hydrogens is 402 g/mol. The van der Waals surface area contributed by atoms with E-state index >= 15 is 0 Å². The number of halogens is 4. The van der Waals surface area contributed by atoms with E-state index in [0.717, 1.165) is 12.5 Å². The van der Waals surface area contributed by atoms with Crippen molar-refractivity contribution in [3.05, 3.63) is 76.0 Å². The van der Waals surface area contributed by atoms with Gasteiger partial charge < -0.3 is 4.74 Å². The second-order valence-electron chi connectivity index (χ2n) is 6.57. The Kier molecular flexibility index (Phi) is 6.09. The van der Waals surface area contributed by atoms with Gasteiger partial charge in [-0.25, -0.2) is 9.07 Å². The summed E-state index contributed by atoms with van der Waals surface area (Å²) < 4.78 is 55.8. The highest BCUT2D eigenvalue weighted by Gasteiger charge is 2.31. The zero-order valence-electron chi connectivity index (χ0n) is 16.3.